The Labute approximate surface area is 396 Å². The molecule has 14 aromatic rings. The molecular weight excluding hydrogens is 847 g/mol. The first-order valence-electron chi connectivity index (χ1n) is 23.1. The van der Waals surface area contributed by atoms with E-state index >= 15 is 0 Å². The molecule has 3 nitrogen and oxygen atoms in total. The summed E-state index contributed by atoms with van der Waals surface area (Å²) in [4.78, 5) is 2.36. The van der Waals surface area contributed by atoms with Crippen LogP contribution >= 0.6 is 11.3 Å². The number of hydrogen-bond acceptors (Lipinski definition) is 4. The summed E-state index contributed by atoms with van der Waals surface area (Å²) < 4.78 is 15.2. The molecule has 0 aliphatic carbocycles. The Morgan fingerprint density at radius 2 is 0.706 bits per heavy atom. The van der Waals surface area contributed by atoms with E-state index in [1.807, 2.05) is 35.6 Å². The summed E-state index contributed by atoms with van der Waals surface area (Å²) >= 11 is 1.86. The van der Waals surface area contributed by atoms with Crippen LogP contribution in [0.4, 0.5) is 17.1 Å². The zero-order valence-electron chi connectivity index (χ0n) is 36.7. The molecule has 3 heterocycles. The lowest BCUT2D eigenvalue weighted by Gasteiger charge is -2.26. The van der Waals surface area contributed by atoms with Crippen molar-refractivity contribution in [2.75, 3.05) is 4.90 Å². The quantitative estimate of drug-likeness (QED) is 0.160. The van der Waals surface area contributed by atoms with E-state index < -0.39 is 0 Å². The molecule has 0 fully saturated rings. The summed E-state index contributed by atoms with van der Waals surface area (Å²) in [5.74, 6) is 0. The molecule has 0 N–H and O–H groups in total. The minimum Gasteiger partial charge on any atom is -0.456 e. The summed E-state index contributed by atoms with van der Waals surface area (Å²) in [6.45, 7) is 0. The van der Waals surface area contributed by atoms with E-state index in [0.717, 1.165) is 83.2 Å². The lowest BCUT2D eigenvalue weighted by Crippen LogP contribution is -2.09. The van der Waals surface area contributed by atoms with E-state index in [4.69, 9.17) is 8.83 Å². The average molecular weight is 886 g/mol. The average Bonchev–Trinajstić information content (AvgIpc) is 4.10. The number of hydrogen-bond donors (Lipinski definition) is 0. The van der Waals surface area contributed by atoms with Crippen LogP contribution < -0.4 is 4.90 Å². The van der Waals surface area contributed by atoms with Crippen molar-refractivity contribution in [1.29, 1.82) is 0 Å². The van der Waals surface area contributed by atoms with E-state index in [9.17, 15) is 0 Å². The Hall–Kier alpha value is -8.70. The second-order valence-corrected chi connectivity index (χ2v) is 18.6. The first kappa shape index (κ1) is 38.6. The second-order valence-electron chi connectivity index (χ2n) is 17.5. The molecule has 0 spiro atoms. The zero-order chi connectivity index (χ0) is 44.7. The van der Waals surface area contributed by atoms with Gasteiger partial charge in [-0.2, -0.15) is 0 Å². The summed E-state index contributed by atoms with van der Waals surface area (Å²) in [6, 6.07) is 85.3. The number of fused-ring (bicyclic) bond motifs is 10. The molecule has 0 amide bonds. The molecule has 318 valence electrons. The highest BCUT2D eigenvalue weighted by atomic mass is 32.1. The molecule has 0 unspecified atom stereocenters. The van der Waals surface area contributed by atoms with Gasteiger partial charge in [-0.05, 0) is 134 Å². The Morgan fingerprint density at radius 3 is 1.37 bits per heavy atom. The zero-order valence-corrected chi connectivity index (χ0v) is 37.5. The van der Waals surface area contributed by atoms with E-state index in [1.165, 1.54) is 53.2 Å². The number of rotatable bonds is 7. The summed E-state index contributed by atoms with van der Waals surface area (Å²) in [7, 11) is 0. The first-order chi connectivity index (χ1) is 33.7. The highest BCUT2D eigenvalue weighted by molar-refractivity contribution is 7.25. The summed E-state index contributed by atoms with van der Waals surface area (Å²) in [5.41, 5.74) is 16.2. The molecule has 0 aliphatic rings. The van der Waals surface area contributed by atoms with E-state index in [-0.39, 0.29) is 0 Å². The van der Waals surface area contributed by atoms with Gasteiger partial charge in [0.05, 0.1) is 0 Å². The van der Waals surface area contributed by atoms with Gasteiger partial charge in [-0.25, -0.2) is 0 Å². The third kappa shape index (κ3) is 6.19. The maximum absolute atomic E-state index is 6.31. The highest BCUT2D eigenvalue weighted by Crippen LogP contribution is 2.44. The van der Waals surface area contributed by atoms with Gasteiger partial charge in [-0.1, -0.05) is 158 Å². The van der Waals surface area contributed by atoms with Gasteiger partial charge in [-0.3, -0.25) is 0 Å². The smallest absolute Gasteiger partial charge is 0.136 e. The van der Waals surface area contributed by atoms with E-state index in [1.54, 1.807) is 0 Å². The van der Waals surface area contributed by atoms with E-state index in [0.29, 0.717) is 0 Å². The number of nitrogens with zero attached hydrogens (tertiary/aromatic N) is 1. The predicted octanol–water partition coefficient (Wildman–Crippen LogP) is 19.1. The number of para-hydroxylation sites is 2. The number of anilines is 3. The third-order valence-electron chi connectivity index (χ3n) is 13.7. The minimum atomic E-state index is 0.896. The van der Waals surface area contributed by atoms with Crippen molar-refractivity contribution in [2.24, 2.45) is 0 Å². The number of benzene rings is 11. The molecule has 0 bridgehead atoms. The molecule has 0 saturated carbocycles. The molecule has 14 rings (SSSR count). The van der Waals surface area contributed by atoms with Gasteiger partial charge < -0.3 is 13.7 Å². The number of furan rings is 2. The van der Waals surface area contributed by atoms with Crippen LogP contribution in [0, 0.1) is 0 Å². The fraction of sp³-hybridized carbons (Fsp3) is 0. The van der Waals surface area contributed by atoms with Gasteiger partial charge >= 0.3 is 0 Å². The Morgan fingerprint density at radius 1 is 0.265 bits per heavy atom. The molecule has 3 aromatic heterocycles. The predicted molar refractivity (Wildman–Crippen MR) is 288 cm³/mol. The van der Waals surface area contributed by atoms with Crippen LogP contribution in [0.1, 0.15) is 0 Å². The minimum absolute atomic E-state index is 0.896. The molecular formula is C64H39NO2S. The van der Waals surface area contributed by atoms with Crippen molar-refractivity contribution in [3.63, 3.8) is 0 Å². The Balaban J connectivity index is 0.858. The fourth-order valence-electron chi connectivity index (χ4n) is 10.5. The largest absolute Gasteiger partial charge is 0.456 e. The van der Waals surface area contributed by atoms with Crippen LogP contribution in [0.3, 0.4) is 0 Å². The maximum Gasteiger partial charge on any atom is 0.136 e. The van der Waals surface area contributed by atoms with Crippen molar-refractivity contribution >= 4 is 103 Å². The third-order valence-corrected chi connectivity index (χ3v) is 14.9. The van der Waals surface area contributed by atoms with Crippen LogP contribution in [0.25, 0.3) is 119 Å². The lowest BCUT2D eigenvalue weighted by molar-refractivity contribution is 0.668. The molecule has 68 heavy (non-hydrogen) atoms. The molecule has 11 aromatic carbocycles. The topological polar surface area (TPSA) is 29.5 Å². The fourth-order valence-corrected chi connectivity index (χ4v) is 11.7. The van der Waals surface area contributed by atoms with Crippen molar-refractivity contribution < 1.29 is 8.83 Å². The van der Waals surface area contributed by atoms with Gasteiger partial charge in [0.2, 0.25) is 0 Å². The summed E-state index contributed by atoms with van der Waals surface area (Å²) in [5, 5.41) is 9.58. The van der Waals surface area contributed by atoms with Crippen LogP contribution in [0.2, 0.25) is 0 Å². The first-order valence-corrected chi connectivity index (χ1v) is 23.9. The monoisotopic (exact) mass is 885 g/mol. The number of thiophene rings is 1. The summed E-state index contributed by atoms with van der Waals surface area (Å²) in [6.07, 6.45) is 0. The second kappa shape index (κ2) is 15.5. The molecule has 0 aliphatic heterocycles. The van der Waals surface area contributed by atoms with Crippen molar-refractivity contribution in [3.05, 3.63) is 237 Å². The van der Waals surface area contributed by atoms with Gasteiger partial charge in [0.25, 0.3) is 0 Å². The molecule has 0 radical (unpaired) electrons. The highest BCUT2D eigenvalue weighted by Gasteiger charge is 2.19. The van der Waals surface area contributed by atoms with Gasteiger partial charge in [0.1, 0.15) is 22.3 Å². The van der Waals surface area contributed by atoms with Gasteiger partial charge in [0.15, 0.2) is 0 Å². The van der Waals surface area contributed by atoms with Crippen LogP contribution in [-0.2, 0) is 0 Å². The van der Waals surface area contributed by atoms with Crippen LogP contribution in [0.15, 0.2) is 245 Å². The van der Waals surface area contributed by atoms with Crippen molar-refractivity contribution in [1.82, 2.24) is 0 Å². The molecule has 0 atom stereocenters. The molecule has 4 heteroatoms. The van der Waals surface area contributed by atoms with E-state index in [2.05, 4.69) is 217 Å². The van der Waals surface area contributed by atoms with Gasteiger partial charge in [0, 0.05) is 58.8 Å². The van der Waals surface area contributed by atoms with Crippen LogP contribution in [0.5, 0.6) is 0 Å². The normalized spacial score (nSPS) is 11.8. The Bertz CT molecular complexity index is 4090. The SMILES string of the molecule is c1ccc2c(c1)oc1cc(-c3ccc(-c4ccc(N(c5ccc(-c6cccc7oc8ccccc8c67)cc5)c5ccc(-c6cccc7sc8ccccc8c67)cc5)cc4)c4ccccc34)ccc12. The van der Waals surface area contributed by atoms with Crippen LogP contribution in [-0.4, -0.2) is 0 Å². The van der Waals surface area contributed by atoms with Crippen molar-refractivity contribution in [2.45, 2.75) is 0 Å². The molecule has 0 saturated heterocycles. The van der Waals surface area contributed by atoms with Crippen molar-refractivity contribution in [3.8, 4) is 44.5 Å². The maximum atomic E-state index is 6.31. The van der Waals surface area contributed by atoms with Gasteiger partial charge in [-0.15, -0.1) is 11.3 Å². The lowest BCUT2D eigenvalue weighted by atomic mass is 9.91. The Kier molecular flexibility index (Phi) is 8.76. The standard InChI is InChI=1S/C64H39NO2S/c1-2-12-52-48(43-29-36-54-53-13-3-6-18-57(53)67-60(54)39-43)38-37-47(51(52)11-1)40-23-30-44(31-24-40)65(45-32-25-41(26-33-45)49-16-9-20-59-63(49)55-14-4-7-19-58(55)66-59)46-34-27-42(28-35-46)50-17-10-22-62-64(50)56-15-5-8-21-61(56)68-62/h1-39H.